The van der Waals surface area contributed by atoms with E-state index < -0.39 is 6.10 Å². The summed E-state index contributed by atoms with van der Waals surface area (Å²) < 4.78 is 18.0. The van der Waals surface area contributed by atoms with E-state index in [2.05, 4.69) is 44.2 Å². The molecule has 0 spiro atoms. The molecule has 3 atom stereocenters. The summed E-state index contributed by atoms with van der Waals surface area (Å²) in [7, 11) is 3.81. The molecule has 0 saturated carbocycles. The van der Waals surface area contributed by atoms with Crippen molar-refractivity contribution >= 4 is 13.9 Å². The summed E-state index contributed by atoms with van der Waals surface area (Å²) in [6, 6.07) is 22.4. The van der Waals surface area contributed by atoms with Crippen molar-refractivity contribution in [3.63, 3.8) is 0 Å². The Hall–Kier alpha value is -2.55. The zero-order valence-corrected chi connectivity index (χ0v) is 21.9. The molecule has 5 heteroatoms. The van der Waals surface area contributed by atoms with Gasteiger partial charge in [0.25, 0.3) is 0 Å². The number of methoxy groups -OCH3 is 2. The topological polar surface area (TPSA) is 47.9 Å². The van der Waals surface area contributed by atoms with E-state index in [1.165, 1.54) is 5.30 Å². The lowest BCUT2D eigenvalue weighted by Crippen LogP contribution is -2.25. The molecule has 0 aliphatic rings. The minimum absolute atomic E-state index is 0.187. The van der Waals surface area contributed by atoms with E-state index in [0.717, 1.165) is 47.5 Å². The van der Waals surface area contributed by atoms with Crippen molar-refractivity contribution in [1.82, 2.24) is 0 Å². The quantitative estimate of drug-likeness (QED) is 0.292. The van der Waals surface area contributed by atoms with Gasteiger partial charge in [-0.05, 0) is 42.3 Å². The van der Waals surface area contributed by atoms with Crippen molar-refractivity contribution in [2.75, 3.05) is 14.2 Å². The lowest BCUT2D eigenvalue weighted by Gasteiger charge is -2.36. The molecule has 0 bridgehead atoms. The fraction of sp³-hybridized carbons (Fsp3) is 0.379. The largest absolute Gasteiger partial charge is 0.497 e. The first kappa shape index (κ1) is 26.1. The molecule has 0 heterocycles. The van der Waals surface area contributed by atoms with Crippen LogP contribution in [0.4, 0.5) is 0 Å². The van der Waals surface area contributed by atoms with Crippen molar-refractivity contribution in [3.05, 3.63) is 83.4 Å². The van der Waals surface area contributed by atoms with Crippen molar-refractivity contribution in [1.29, 1.82) is 0 Å². The van der Waals surface area contributed by atoms with E-state index in [9.17, 15) is 5.11 Å². The number of aliphatic hydroxyl groups is 1. The number of rotatable bonds is 12. The summed E-state index contributed by atoms with van der Waals surface area (Å²) in [6.45, 7) is 6.74. The molecule has 0 amide bonds. The molecule has 0 aliphatic carbocycles. The smallest absolute Gasteiger partial charge is 0.166 e. The van der Waals surface area contributed by atoms with Crippen LogP contribution in [0.3, 0.4) is 0 Å². The Kier molecular flexibility index (Phi) is 9.38. The second kappa shape index (κ2) is 12.2. The highest BCUT2D eigenvalue weighted by Gasteiger charge is 2.36. The Labute approximate surface area is 206 Å². The molecule has 3 unspecified atom stereocenters. The molecule has 182 valence electrons. The summed E-state index contributed by atoms with van der Waals surface area (Å²) in [5.41, 5.74) is 3.19. The normalized spacial score (nSPS) is 14.1. The zero-order valence-electron chi connectivity index (χ0n) is 20.9. The minimum Gasteiger partial charge on any atom is -0.497 e. The molecule has 0 fully saturated rings. The standard InChI is InChI=1S/C29H37O4P/c1-6-17-29(7-2,34-27-16-12-11-15-24(27)21(3)30)25-18-23(31-4)19-26(32-5)28(25)33-20-22-13-9-8-10-14-22/h8-16,18-19,21,30,34H,6-7,17,20H2,1-5H3. The SMILES string of the molecule is CCCC(CC)(Pc1ccccc1C(C)O)c1cc(OC)cc(OC)c1OCc1ccccc1. The summed E-state index contributed by atoms with van der Waals surface area (Å²) in [5.74, 6) is 2.19. The average Bonchev–Trinajstić information content (AvgIpc) is 2.87. The Bertz CT molecular complexity index is 1050. The third kappa shape index (κ3) is 5.92. The van der Waals surface area contributed by atoms with Crippen molar-refractivity contribution in [3.8, 4) is 17.2 Å². The Morgan fingerprint density at radius 1 is 0.941 bits per heavy atom. The fourth-order valence-corrected chi connectivity index (χ4v) is 6.46. The first-order valence-corrected chi connectivity index (χ1v) is 13.0. The molecular weight excluding hydrogens is 443 g/mol. The number of hydrogen-bond acceptors (Lipinski definition) is 4. The lowest BCUT2D eigenvalue weighted by molar-refractivity contribution is 0.200. The van der Waals surface area contributed by atoms with E-state index >= 15 is 0 Å². The fourth-order valence-electron chi connectivity index (χ4n) is 4.46. The van der Waals surface area contributed by atoms with E-state index in [4.69, 9.17) is 14.2 Å². The first-order valence-electron chi connectivity index (χ1n) is 12.0. The van der Waals surface area contributed by atoms with Crippen LogP contribution in [0.25, 0.3) is 0 Å². The minimum atomic E-state index is -0.520. The van der Waals surface area contributed by atoms with Gasteiger partial charge in [0.05, 0.1) is 20.3 Å². The first-order chi connectivity index (χ1) is 16.5. The third-order valence-corrected chi connectivity index (χ3v) is 8.37. The average molecular weight is 481 g/mol. The maximum Gasteiger partial charge on any atom is 0.166 e. The number of ether oxygens (including phenoxy) is 3. The molecule has 0 aromatic heterocycles. The predicted molar refractivity (Wildman–Crippen MR) is 142 cm³/mol. The van der Waals surface area contributed by atoms with Gasteiger partial charge in [-0.15, -0.1) is 0 Å². The maximum atomic E-state index is 10.4. The number of hydrogen-bond donors (Lipinski definition) is 1. The Morgan fingerprint density at radius 3 is 2.26 bits per heavy atom. The molecule has 0 saturated heterocycles. The molecule has 0 aliphatic heterocycles. The molecule has 3 aromatic carbocycles. The summed E-state index contributed by atoms with van der Waals surface area (Å²) in [4.78, 5) is 0. The molecule has 4 nitrogen and oxygen atoms in total. The van der Waals surface area contributed by atoms with Crippen LogP contribution in [-0.2, 0) is 11.8 Å². The van der Waals surface area contributed by atoms with Gasteiger partial charge in [-0.2, -0.15) is 0 Å². The Morgan fingerprint density at radius 2 is 1.65 bits per heavy atom. The summed E-state index contributed by atoms with van der Waals surface area (Å²) >= 11 is 0. The highest BCUT2D eigenvalue weighted by Crippen LogP contribution is 2.54. The van der Waals surface area contributed by atoms with Gasteiger partial charge in [0.15, 0.2) is 11.5 Å². The van der Waals surface area contributed by atoms with Gasteiger partial charge < -0.3 is 19.3 Å². The van der Waals surface area contributed by atoms with Crippen LogP contribution in [0.1, 0.15) is 62.8 Å². The van der Waals surface area contributed by atoms with Crippen LogP contribution >= 0.6 is 8.58 Å². The molecule has 0 radical (unpaired) electrons. The second-order valence-electron chi connectivity index (χ2n) is 8.55. The Balaban J connectivity index is 2.15. The maximum absolute atomic E-state index is 10.4. The van der Waals surface area contributed by atoms with Crippen molar-refractivity contribution < 1.29 is 19.3 Å². The predicted octanol–water partition coefficient (Wildman–Crippen LogP) is 6.75. The molecule has 3 aromatic rings. The lowest BCUT2D eigenvalue weighted by atomic mass is 9.89. The van der Waals surface area contributed by atoms with Crippen molar-refractivity contribution in [2.45, 2.75) is 57.9 Å². The summed E-state index contributed by atoms with van der Waals surface area (Å²) in [6.07, 6.45) is 2.41. The highest BCUT2D eigenvalue weighted by molar-refractivity contribution is 7.48. The van der Waals surface area contributed by atoms with Crippen LogP contribution in [0, 0.1) is 0 Å². The van der Waals surface area contributed by atoms with Crippen LogP contribution in [0.5, 0.6) is 17.2 Å². The summed E-state index contributed by atoms with van der Waals surface area (Å²) in [5, 5.41) is 11.4. The van der Waals surface area contributed by atoms with Gasteiger partial charge in [0.2, 0.25) is 0 Å². The zero-order chi connectivity index (χ0) is 24.6. The van der Waals surface area contributed by atoms with Gasteiger partial charge in [-0.1, -0.05) is 83.4 Å². The highest BCUT2D eigenvalue weighted by atomic mass is 31.1. The van der Waals surface area contributed by atoms with Crippen LogP contribution in [0.2, 0.25) is 0 Å². The number of aliphatic hydroxyl groups excluding tert-OH is 1. The molecule has 3 rings (SSSR count). The van der Waals surface area contributed by atoms with Gasteiger partial charge in [-0.3, -0.25) is 0 Å². The van der Waals surface area contributed by atoms with Crippen molar-refractivity contribution in [2.24, 2.45) is 0 Å². The monoisotopic (exact) mass is 480 g/mol. The third-order valence-electron chi connectivity index (χ3n) is 6.29. The van der Waals surface area contributed by atoms with Gasteiger partial charge in [-0.25, -0.2) is 0 Å². The van der Waals surface area contributed by atoms with E-state index in [1.807, 2.05) is 43.3 Å². The molecule has 1 N–H and O–H groups in total. The molecule has 34 heavy (non-hydrogen) atoms. The number of benzene rings is 3. The van der Waals surface area contributed by atoms with Gasteiger partial charge in [0, 0.05) is 16.8 Å². The van der Waals surface area contributed by atoms with Crippen LogP contribution in [-0.4, -0.2) is 19.3 Å². The second-order valence-corrected chi connectivity index (χ2v) is 10.3. The van der Waals surface area contributed by atoms with Gasteiger partial charge in [0.1, 0.15) is 12.4 Å². The van der Waals surface area contributed by atoms with Gasteiger partial charge >= 0.3 is 0 Å². The van der Waals surface area contributed by atoms with Crippen LogP contribution < -0.4 is 19.5 Å². The van der Waals surface area contributed by atoms with E-state index in [0.29, 0.717) is 20.9 Å². The van der Waals surface area contributed by atoms with E-state index in [-0.39, 0.29) is 5.16 Å². The van der Waals surface area contributed by atoms with Crippen LogP contribution in [0.15, 0.2) is 66.7 Å². The van der Waals surface area contributed by atoms with E-state index in [1.54, 1.807) is 14.2 Å². The molecular formula is C29H37O4P.